The zero-order valence-electron chi connectivity index (χ0n) is 11.9. The Morgan fingerprint density at radius 2 is 2.10 bits per heavy atom. The van der Waals surface area contributed by atoms with Gasteiger partial charge in [-0.05, 0) is 37.3 Å². The van der Waals surface area contributed by atoms with E-state index in [1.165, 1.54) is 5.56 Å². The van der Waals surface area contributed by atoms with Gasteiger partial charge in [-0.25, -0.2) is 0 Å². The lowest BCUT2D eigenvalue weighted by molar-refractivity contribution is -0.121. The van der Waals surface area contributed by atoms with Gasteiger partial charge in [0.1, 0.15) is 0 Å². The number of hydrogen-bond donors (Lipinski definition) is 2. The van der Waals surface area contributed by atoms with Crippen molar-refractivity contribution in [1.29, 1.82) is 0 Å². The smallest absolute Gasteiger partial charge is 0.237 e. The Morgan fingerprint density at radius 3 is 2.90 bits per heavy atom. The number of carbonyl (C=O) groups is 2. The minimum Gasteiger partial charge on any atom is -0.353 e. The molecule has 1 unspecified atom stereocenters. The molecule has 4 nitrogen and oxygen atoms in total. The van der Waals surface area contributed by atoms with Crippen LogP contribution in [0.15, 0.2) is 24.3 Å². The van der Waals surface area contributed by atoms with Crippen molar-refractivity contribution < 1.29 is 9.59 Å². The van der Waals surface area contributed by atoms with Gasteiger partial charge in [0.25, 0.3) is 0 Å². The van der Waals surface area contributed by atoms with Gasteiger partial charge in [0.05, 0.1) is 5.25 Å². The molecule has 1 saturated carbocycles. The van der Waals surface area contributed by atoms with Crippen LogP contribution in [0.2, 0.25) is 0 Å². The first-order valence-corrected chi connectivity index (χ1v) is 8.57. The Bertz CT molecular complexity index is 543. The number of carbonyl (C=O) groups excluding carboxylic acids is 2. The highest BCUT2D eigenvalue weighted by molar-refractivity contribution is 8.00. The molecule has 1 aromatic carbocycles. The summed E-state index contributed by atoms with van der Waals surface area (Å²) in [6.07, 6.45) is 4.46. The zero-order chi connectivity index (χ0) is 14.7. The van der Waals surface area contributed by atoms with Crippen molar-refractivity contribution in [1.82, 2.24) is 5.32 Å². The molecule has 3 rings (SSSR count). The Kier molecular flexibility index (Phi) is 4.48. The second kappa shape index (κ2) is 6.52. The van der Waals surface area contributed by atoms with Crippen LogP contribution in [-0.2, 0) is 16.0 Å². The monoisotopic (exact) mass is 304 g/mol. The second-order valence-electron chi connectivity index (χ2n) is 5.64. The number of rotatable bonds is 5. The van der Waals surface area contributed by atoms with E-state index in [1.54, 1.807) is 11.8 Å². The molecule has 2 amide bonds. The highest BCUT2D eigenvalue weighted by Crippen LogP contribution is 2.27. The van der Waals surface area contributed by atoms with Gasteiger partial charge in [-0.15, -0.1) is 11.8 Å². The van der Waals surface area contributed by atoms with Gasteiger partial charge in [0.2, 0.25) is 11.8 Å². The standard InChI is InChI=1S/C16H20N2O2S/c19-15(17-12-6-7-12)9-10-21-14-8-5-11-3-1-2-4-13(11)18-16(14)20/h1-4,12,14H,5-10H2,(H,17,19)(H,18,20). The number of amides is 2. The van der Waals surface area contributed by atoms with Crippen molar-refractivity contribution in [2.45, 2.75) is 43.4 Å². The molecule has 1 aliphatic heterocycles. The van der Waals surface area contributed by atoms with Gasteiger partial charge >= 0.3 is 0 Å². The number of benzene rings is 1. The Morgan fingerprint density at radius 1 is 1.29 bits per heavy atom. The van der Waals surface area contributed by atoms with Crippen molar-refractivity contribution >= 4 is 29.3 Å². The van der Waals surface area contributed by atoms with E-state index in [0.717, 1.165) is 31.4 Å². The van der Waals surface area contributed by atoms with Crippen LogP contribution in [0.5, 0.6) is 0 Å². The summed E-state index contributed by atoms with van der Waals surface area (Å²) in [7, 11) is 0. The summed E-state index contributed by atoms with van der Waals surface area (Å²) in [6.45, 7) is 0. The van der Waals surface area contributed by atoms with E-state index in [1.807, 2.05) is 18.2 Å². The molecule has 2 aliphatic rings. The molecule has 5 heteroatoms. The second-order valence-corrected chi connectivity index (χ2v) is 6.95. The van der Waals surface area contributed by atoms with E-state index in [2.05, 4.69) is 16.7 Å². The number of aryl methyl sites for hydroxylation is 1. The van der Waals surface area contributed by atoms with E-state index in [0.29, 0.717) is 18.2 Å². The molecule has 0 radical (unpaired) electrons. The molecule has 2 N–H and O–H groups in total. The summed E-state index contributed by atoms with van der Waals surface area (Å²) in [5.41, 5.74) is 2.12. The fourth-order valence-electron chi connectivity index (χ4n) is 2.47. The highest BCUT2D eigenvalue weighted by Gasteiger charge is 2.25. The summed E-state index contributed by atoms with van der Waals surface area (Å²) in [4.78, 5) is 23.8. The van der Waals surface area contributed by atoms with Crippen molar-refractivity contribution in [3.05, 3.63) is 29.8 Å². The van der Waals surface area contributed by atoms with E-state index < -0.39 is 0 Å². The Balaban J connectivity index is 1.48. The first-order chi connectivity index (χ1) is 10.2. The van der Waals surface area contributed by atoms with Gasteiger partial charge < -0.3 is 10.6 Å². The van der Waals surface area contributed by atoms with Crippen molar-refractivity contribution in [2.24, 2.45) is 0 Å². The van der Waals surface area contributed by atoms with Crippen LogP contribution in [0.25, 0.3) is 0 Å². The average molecular weight is 304 g/mol. The maximum absolute atomic E-state index is 12.2. The predicted molar refractivity (Wildman–Crippen MR) is 85.4 cm³/mol. The van der Waals surface area contributed by atoms with Crippen LogP contribution in [-0.4, -0.2) is 28.9 Å². The van der Waals surface area contributed by atoms with Crippen LogP contribution in [0.1, 0.15) is 31.2 Å². The summed E-state index contributed by atoms with van der Waals surface area (Å²) in [6, 6.07) is 8.36. The van der Waals surface area contributed by atoms with Crippen molar-refractivity contribution in [3.63, 3.8) is 0 Å². The summed E-state index contributed by atoms with van der Waals surface area (Å²) in [5, 5.41) is 5.91. The van der Waals surface area contributed by atoms with Crippen LogP contribution >= 0.6 is 11.8 Å². The third kappa shape index (κ3) is 4.00. The van der Waals surface area contributed by atoms with E-state index in [-0.39, 0.29) is 17.1 Å². The van der Waals surface area contributed by atoms with Crippen molar-refractivity contribution in [3.8, 4) is 0 Å². The SMILES string of the molecule is O=C(CCSC1CCc2ccccc2NC1=O)NC1CC1. The molecule has 0 bridgehead atoms. The van der Waals surface area contributed by atoms with Gasteiger partial charge in [-0.3, -0.25) is 9.59 Å². The molecular formula is C16H20N2O2S. The first kappa shape index (κ1) is 14.4. The minimum absolute atomic E-state index is 0.0625. The normalized spacial score (nSPS) is 21.1. The Labute approximate surface area is 129 Å². The third-order valence-corrected chi connectivity index (χ3v) is 5.13. The number of hydrogen-bond acceptors (Lipinski definition) is 3. The first-order valence-electron chi connectivity index (χ1n) is 7.52. The van der Waals surface area contributed by atoms with Gasteiger partial charge in [0.15, 0.2) is 0 Å². The fraction of sp³-hybridized carbons (Fsp3) is 0.500. The van der Waals surface area contributed by atoms with Gasteiger partial charge in [-0.2, -0.15) is 0 Å². The third-order valence-electron chi connectivity index (χ3n) is 3.83. The lowest BCUT2D eigenvalue weighted by atomic mass is 10.1. The number of anilines is 1. The number of fused-ring (bicyclic) bond motifs is 1. The maximum atomic E-state index is 12.2. The van der Waals surface area contributed by atoms with E-state index >= 15 is 0 Å². The lowest BCUT2D eigenvalue weighted by Crippen LogP contribution is -2.27. The highest BCUT2D eigenvalue weighted by atomic mass is 32.2. The molecule has 1 heterocycles. The van der Waals surface area contributed by atoms with E-state index in [4.69, 9.17) is 0 Å². The largest absolute Gasteiger partial charge is 0.353 e. The topological polar surface area (TPSA) is 58.2 Å². The average Bonchev–Trinajstić information content (AvgIpc) is 3.28. The maximum Gasteiger partial charge on any atom is 0.237 e. The van der Waals surface area contributed by atoms with E-state index in [9.17, 15) is 9.59 Å². The van der Waals surface area contributed by atoms with Gasteiger partial charge in [0, 0.05) is 23.9 Å². The molecule has 0 spiro atoms. The minimum atomic E-state index is -0.0638. The van der Waals surface area contributed by atoms with Gasteiger partial charge in [-0.1, -0.05) is 18.2 Å². The molecule has 1 aromatic rings. The Hall–Kier alpha value is -1.49. The summed E-state index contributed by atoms with van der Waals surface area (Å²) < 4.78 is 0. The fourth-order valence-corrected chi connectivity index (χ4v) is 3.55. The molecule has 21 heavy (non-hydrogen) atoms. The molecule has 0 aromatic heterocycles. The molecule has 112 valence electrons. The molecule has 1 fully saturated rings. The summed E-state index contributed by atoms with van der Waals surface area (Å²) >= 11 is 1.59. The number of nitrogens with one attached hydrogen (secondary N) is 2. The van der Waals surface area contributed by atoms with Crippen LogP contribution in [0, 0.1) is 0 Å². The molecule has 0 saturated heterocycles. The molecule has 1 atom stereocenters. The molecule has 1 aliphatic carbocycles. The lowest BCUT2D eigenvalue weighted by Gasteiger charge is -2.12. The number of thioether (sulfide) groups is 1. The number of para-hydroxylation sites is 1. The quantitative estimate of drug-likeness (QED) is 0.878. The zero-order valence-corrected chi connectivity index (χ0v) is 12.7. The van der Waals surface area contributed by atoms with Crippen LogP contribution in [0.3, 0.4) is 0 Å². The van der Waals surface area contributed by atoms with Crippen LogP contribution < -0.4 is 10.6 Å². The molecular weight excluding hydrogens is 284 g/mol. The summed E-state index contributed by atoms with van der Waals surface area (Å²) in [5.74, 6) is 0.877. The predicted octanol–water partition coefficient (Wildman–Crippen LogP) is 2.34. The van der Waals surface area contributed by atoms with Crippen LogP contribution in [0.4, 0.5) is 5.69 Å². The van der Waals surface area contributed by atoms with Crippen molar-refractivity contribution in [2.75, 3.05) is 11.1 Å².